The first-order valence-corrected chi connectivity index (χ1v) is 11.3. The Hall–Kier alpha value is -0.0900. The second-order valence-electron chi connectivity index (χ2n) is 7.73. The number of carbonyl (C=O) groups excluding carboxylic acids is 1. The van der Waals surface area contributed by atoms with Gasteiger partial charge >= 0.3 is 0 Å². The lowest BCUT2D eigenvalue weighted by atomic mass is 9.92. The first-order chi connectivity index (χ1) is 12.7. The van der Waals surface area contributed by atoms with Crippen LogP contribution in [0.3, 0.4) is 0 Å². The smallest absolute Gasteiger partial charge is 0.237 e. The van der Waals surface area contributed by atoms with Crippen LogP contribution in [0.2, 0.25) is 0 Å². The molecule has 4 N–H and O–H groups in total. The fourth-order valence-corrected chi connectivity index (χ4v) is 5.00. The van der Waals surface area contributed by atoms with Gasteiger partial charge in [-0.3, -0.25) is 9.69 Å². The van der Waals surface area contributed by atoms with Gasteiger partial charge < -0.3 is 25.4 Å². The molecule has 0 radical (unpaired) electrons. The van der Waals surface area contributed by atoms with Crippen LogP contribution in [0.15, 0.2) is 0 Å². The standard InChI is InChI=1S/C18H33ClN2O5S/c1-5-6-10-7-11(21(3)8-10)17(25)20-12(9(2)19)16-14(23)13(22)15(24)18(26-16)27-4/h9-16,18,22-24H,5-8H2,1-4H3,(H,20,25)/t9-,10+,11-,12+,13+,14+,15+,16-,18+/m0/s1. The third-order valence-corrected chi connectivity index (χ3v) is 6.76. The average Bonchev–Trinajstić information content (AvgIpc) is 2.99. The number of nitrogens with zero attached hydrogens (tertiary/aromatic N) is 1. The van der Waals surface area contributed by atoms with Crippen LogP contribution in [0.4, 0.5) is 0 Å². The summed E-state index contributed by atoms with van der Waals surface area (Å²) in [5, 5.41) is 33.0. The Bertz CT molecular complexity index is 498. The maximum atomic E-state index is 12.9. The summed E-state index contributed by atoms with van der Waals surface area (Å²) in [7, 11) is 1.94. The van der Waals surface area contributed by atoms with Gasteiger partial charge in [0, 0.05) is 6.54 Å². The van der Waals surface area contributed by atoms with Gasteiger partial charge in [-0.1, -0.05) is 13.3 Å². The van der Waals surface area contributed by atoms with E-state index in [0.29, 0.717) is 5.92 Å². The fraction of sp³-hybridized carbons (Fsp3) is 0.944. The Kier molecular flexibility index (Phi) is 8.67. The molecule has 158 valence electrons. The minimum absolute atomic E-state index is 0.147. The molecular weight excluding hydrogens is 392 g/mol. The Morgan fingerprint density at radius 1 is 1.33 bits per heavy atom. The van der Waals surface area contributed by atoms with Gasteiger partial charge in [-0.05, 0) is 39.0 Å². The minimum atomic E-state index is -1.36. The second-order valence-corrected chi connectivity index (χ2v) is 9.36. The topological polar surface area (TPSA) is 102 Å². The van der Waals surface area contributed by atoms with E-state index in [0.717, 1.165) is 25.8 Å². The van der Waals surface area contributed by atoms with Gasteiger partial charge in [-0.25, -0.2) is 0 Å². The molecule has 27 heavy (non-hydrogen) atoms. The lowest BCUT2D eigenvalue weighted by Crippen LogP contribution is -2.65. The van der Waals surface area contributed by atoms with Crippen LogP contribution in [0.25, 0.3) is 0 Å². The molecule has 9 heteroatoms. The van der Waals surface area contributed by atoms with E-state index in [4.69, 9.17) is 16.3 Å². The zero-order valence-corrected chi connectivity index (χ0v) is 18.0. The van der Waals surface area contributed by atoms with Gasteiger partial charge in [0.15, 0.2) is 0 Å². The third-order valence-electron chi connectivity index (χ3n) is 5.63. The quantitative estimate of drug-likeness (QED) is 0.438. The van der Waals surface area contributed by atoms with Crippen molar-refractivity contribution in [1.82, 2.24) is 10.2 Å². The molecule has 2 fully saturated rings. The molecule has 0 aromatic carbocycles. The number of hydrogen-bond acceptors (Lipinski definition) is 7. The van der Waals surface area contributed by atoms with E-state index in [2.05, 4.69) is 12.2 Å². The van der Waals surface area contributed by atoms with Crippen LogP contribution in [0.1, 0.15) is 33.1 Å². The number of aliphatic hydroxyl groups excluding tert-OH is 3. The van der Waals surface area contributed by atoms with Gasteiger partial charge in [-0.15, -0.1) is 23.4 Å². The van der Waals surface area contributed by atoms with Gasteiger partial charge in [0.2, 0.25) is 5.91 Å². The van der Waals surface area contributed by atoms with Gasteiger partial charge in [0.1, 0.15) is 29.9 Å². The van der Waals surface area contributed by atoms with Crippen molar-refractivity contribution in [1.29, 1.82) is 0 Å². The third kappa shape index (κ3) is 5.29. The minimum Gasteiger partial charge on any atom is -0.388 e. The molecule has 2 aliphatic rings. The molecular formula is C18H33ClN2O5S. The number of hydrogen-bond donors (Lipinski definition) is 4. The van der Waals surface area contributed by atoms with Crippen molar-refractivity contribution in [2.24, 2.45) is 5.92 Å². The monoisotopic (exact) mass is 424 g/mol. The van der Waals surface area contributed by atoms with E-state index in [1.54, 1.807) is 13.2 Å². The van der Waals surface area contributed by atoms with E-state index in [1.807, 2.05) is 11.9 Å². The SMILES string of the molecule is CCC[C@@H]1C[C@@H](C(=O)N[C@@H]([C@@H]2O[C@H](SC)[C@H](O)[C@H](O)[C@H]2O)[C@H](C)Cl)N(C)C1. The molecule has 2 rings (SSSR count). The predicted molar refractivity (Wildman–Crippen MR) is 107 cm³/mol. The summed E-state index contributed by atoms with van der Waals surface area (Å²) >= 11 is 7.55. The van der Waals surface area contributed by atoms with Crippen molar-refractivity contribution in [3.8, 4) is 0 Å². The van der Waals surface area contributed by atoms with Crippen LogP contribution in [0, 0.1) is 5.92 Å². The summed E-state index contributed by atoms with van der Waals surface area (Å²) < 4.78 is 5.79. The van der Waals surface area contributed by atoms with Crippen LogP contribution in [-0.4, -0.2) is 93.3 Å². The van der Waals surface area contributed by atoms with E-state index in [1.165, 1.54) is 11.8 Å². The zero-order chi connectivity index (χ0) is 20.3. The van der Waals surface area contributed by atoms with Crippen molar-refractivity contribution >= 4 is 29.3 Å². The average molecular weight is 425 g/mol. The van der Waals surface area contributed by atoms with Crippen LogP contribution in [0.5, 0.6) is 0 Å². The molecule has 9 atom stereocenters. The van der Waals surface area contributed by atoms with E-state index < -0.39 is 41.3 Å². The summed E-state index contributed by atoms with van der Waals surface area (Å²) in [5.74, 6) is 0.350. The van der Waals surface area contributed by atoms with Gasteiger partial charge in [0.25, 0.3) is 0 Å². The number of likely N-dealkylation sites (tertiary alicyclic amines) is 1. The summed E-state index contributed by atoms with van der Waals surface area (Å²) in [6, 6.07) is -0.934. The van der Waals surface area contributed by atoms with Crippen LogP contribution >= 0.6 is 23.4 Å². The molecule has 2 saturated heterocycles. The van der Waals surface area contributed by atoms with Crippen LogP contribution < -0.4 is 5.32 Å². The number of alkyl halides is 1. The number of halogens is 1. The maximum Gasteiger partial charge on any atom is 0.237 e. The zero-order valence-electron chi connectivity index (χ0n) is 16.4. The molecule has 0 aliphatic carbocycles. The normalized spacial score (nSPS) is 39.9. The largest absolute Gasteiger partial charge is 0.388 e. The molecule has 0 unspecified atom stereocenters. The molecule has 7 nitrogen and oxygen atoms in total. The van der Waals surface area contributed by atoms with Crippen molar-refractivity contribution in [2.75, 3.05) is 19.8 Å². The number of rotatable bonds is 7. The number of carbonyl (C=O) groups is 1. The Morgan fingerprint density at radius 2 is 2.00 bits per heavy atom. The number of thioether (sulfide) groups is 1. The summed E-state index contributed by atoms with van der Waals surface area (Å²) in [5.41, 5.74) is -0.702. The Morgan fingerprint density at radius 3 is 2.56 bits per heavy atom. The maximum absolute atomic E-state index is 12.9. The lowest BCUT2D eigenvalue weighted by molar-refractivity contribution is -0.205. The molecule has 2 heterocycles. The van der Waals surface area contributed by atoms with Crippen molar-refractivity contribution in [3.05, 3.63) is 0 Å². The highest BCUT2D eigenvalue weighted by Crippen LogP contribution is 2.31. The highest BCUT2D eigenvalue weighted by Gasteiger charge is 2.48. The van der Waals surface area contributed by atoms with E-state index in [-0.39, 0.29) is 11.9 Å². The number of nitrogens with one attached hydrogen (secondary N) is 1. The Balaban J connectivity index is 2.09. The molecule has 0 aromatic heterocycles. The molecule has 0 spiro atoms. The second kappa shape index (κ2) is 10.1. The molecule has 0 bridgehead atoms. The number of amides is 1. The summed E-state index contributed by atoms with van der Waals surface area (Å²) in [6.45, 7) is 4.74. The fourth-order valence-electron chi connectivity index (χ4n) is 4.11. The van der Waals surface area contributed by atoms with Crippen molar-refractivity contribution in [3.63, 3.8) is 0 Å². The number of ether oxygens (including phenoxy) is 1. The van der Waals surface area contributed by atoms with Crippen molar-refractivity contribution < 1.29 is 24.9 Å². The molecule has 0 aromatic rings. The number of likely N-dealkylation sites (N-methyl/N-ethyl adjacent to an activating group) is 1. The lowest BCUT2D eigenvalue weighted by Gasteiger charge is -2.44. The van der Waals surface area contributed by atoms with Gasteiger partial charge in [0.05, 0.1) is 17.5 Å². The predicted octanol–water partition coefficient (Wildman–Crippen LogP) is 0.390. The summed E-state index contributed by atoms with van der Waals surface area (Å²) in [6.07, 6.45) is -0.0980. The van der Waals surface area contributed by atoms with Gasteiger partial charge in [-0.2, -0.15) is 0 Å². The molecule has 2 aliphatic heterocycles. The Labute approximate surface area is 170 Å². The summed E-state index contributed by atoms with van der Waals surface area (Å²) in [4.78, 5) is 14.9. The van der Waals surface area contributed by atoms with Crippen LogP contribution in [-0.2, 0) is 9.53 Å². The van der Waals surface area contributed by atoms with E-state index in [9.17, 15) is 20.1 Å². The first kappa shape index (κ1) is 23.2. The highest BCUT2D eigenvalue weighted by atomic mass is 35.5. The van der Waals surface area contributed by atoms with E-state index >= 15 is 0 Å². The first-order valence-electron chi connectivity index (χ1n) is 9.58. The number of aliphatic hydroxyl groups is 3. The highest BCUT2D eigenvalue weighted by molar-refractivity contribution is 7.99. The van der Waals surface area contributed by atoms with Crippen molar-refractivity contribution in [2.45, 2.75) is 80.4 Å². The molecule has 1 amide bonds. The molecule has 0 saturated carbocycles.